The molecule has 2 aromatic rings. The molecule has 0 radical (unpaired) electrons. The van der Waals surface area contributed by atoms with E-state index in [1.807, 2.05) is 31.3 Å². The van der Waals surface area contributed by atoms with E-state index in [1.54, 1.807) is 0 Å². The zero-order valence-corrected chi connectivity index (χ0v) is 11.1. The predicted octanol–water partition coefficient (Wildman–Crippen LogP) is 3.82. The van der Waals surface area contributed by atoms with Crippen LogP contribution in [0.25, 0.3) is 11.3 Å². The lowest BCUT2D eigenvalue weighted by atomic mass is 10.0. The number of para-hydroxylation sites is 1. The van der Waals surface area contributed by atoms with E-state index in [1.165, 1.54) is 18.4 Å². The fraction of sp³-hybridized carbons (Fsp3) is 0.400. The molecular weight excluding hydrogens is 224 g/mol. The van der Waals surface area contributed by atoms with Crippen molar-refractivity contribution in [2.45, 2.75) is 33.1 Å². The van der Waals surface area contributed by atoms with Gasteiger partial charge in [0.2, 0.25) is 0 Å². The fourth-order valence-electron chi connectivity index (χ4n) is 2.06. The number of nitrogens with zero attached hydrogens (tertiary/aromatic N) is 1. The van der Waals surface area contributed by atoms with E-state index in [9.17, 15) is 0 Å². The molecule has 0 saturated heterocycles. The molecule has 1 aromatic carbocycles. The van der Waals surface area contributed by atoms with Crippen molar-refractivity contribution in [1.29, 1.82) is 0 Å². The maximum atomic E-state index is 5.67. The number of unbranched alkanes of at least 4 members (excludes halogenated alkanes) is 1. The molecule has 0 aliphatic carbocycles. The lowest BCUT2D eigenvalue weighted by molar-refractivity contribution is 0.341. The van der Waals surface area contributed by atoms with Crippen LogP contribution in [0.4, 0.5) is 0 Å². The third-order valence-corrected chi connectivity index (χ3v) is 2.97. The van der Waals surface area contributed by atoms with Crippen LogP contribution in [0, 0.1) is 0 Å². The van der Waals surface area contributed by atoms with Gasteiger partial charge in [0, 0.05) is 5.56 Å². The smallest absolute Gasteiger partial charge is 0.128 e. The van der Waals surface area contributed by atoms with Crippen LogP contribution in [-0.4, -0.2) is 16.8 Å². The number of hydrogen-bond acceptors (Lipinski definition) is 2. The Morgan fingerprint density at radius 1 is 1.22 bits per heavy atom. The van der Waals surface area contributed by atoms with Crippen molar-refractivity contribution in [2.75, 3.05) is 6.61 Å². The van der Waals surface area contributed by atoms with Crippen molar-refractivity contribution >= 4 is 0 Å². The van der Waals surface area contributed by atoms with Crippen molar-refractivity contribution in [3.63, 3.8) is 0 Å². The molecule has 1 heterocycles. The highest BCUT2D eigenvalue weighted by molar-refractivity contribution is 5.69. The Morgan fingerprint density at radius 2 is 2.06 bits per heavy atom. The van der Waals surface area contributed by atoms with Gasteiger partial charge in [0.05, 0.1) is 18.5 Å². The van der Waals surface area contributed by atoms with Crippen molar-refractivity contribution in [3.05, 3.63) is 36.0 Å². The second-order valence-corrected chi connectivity index (χ2v) is 4.30. The first-order chi connectivity index (χ1) is 8.86. The molecule has 0 spiro atoms. The van der Waals surface area contributed by atoms with E-state index < -0.39 is 0 Å². The summed E-state index contributed by atoms with van der Waals surface area (Å²) in [6.07, 6.45) is 5.36. The first-order valence-electron chi connectivity index (χ1n) is 6.61. The number of aromatic amines is 1. The molecular formula is C15H20N2O. The van der Waals surface area contributed by atoms with Gasteiger partial charge in [-0.3, -0.25) is 5.10 Å². The molecule has 3 nitrogen and oxygen atoms in total. The Labute approximate surface area is 108 Å². The van der Waals surface area contributed by atoms with Gasteiger partial charge in [-0.15, -0.1) is 0 Å². The quantitative estimate of drug-likeness (QED) is 0.838. The Morgan fingerprint density at radius 3 is 2.83 bits per heavy atom. The molecule has 0 atom stereocenters. The molecule has 0 amide bonds. The van der Waals surface area contributed by atoms with Crippen molar-refractivity contribution in [1.82, 2.24) is 10.2 Å². The van der Waals surface area contributed by atoms with E-state index >= 15 is 0 Å². The van der Waals surface area contributed by atoms with Crippen LogP contribution in [-0.2, 0) is 6.42 Å². The van der Waals surface area contributed by atoms with Crippen LogP contribution >= 0.6 is 0 Å². The van der Waals surface area contributed by atoms with E-state index in [0.717, 1.165) is 23.4 Å². The maximum absolute atomic E-state index is 5.67. The minimum Gasteiger partial charge on any atom is -0.493 e. The van der Waals surface area contributed by atoms with E-state index in [2.05, 4.69) is 23.2 Å². The largest absolute Gasteiger partial charge is 0.493 e. The summed E-state index contributed by atoms with van der Waals surface area (Å²) in [7, 11) is 0. The normalized spacial score (nSPS) is 10.6. The summed E-state index contributed by atoms with van der Waals surface area (Å²) in [6, 6.07) is 8.11. The fourth-order valence-corrected chi connectivity index (χ4v) is 2.06. The minimum absolute atomic E-state index is 0.676. The number of benzene rings is 1. The molecule has 0 unspecified atom stereocenters. The summed E-state index contributed by atoms with van der Waals surface area (Å²) in [5, 5.41) is 7.27. The molecule has 96 valence electrons. The Balaban J connectivity index is 2.33. The second kappa shape index (κ2) is 6.24. The summed E-state index contributed by atoms with van der Waals surface area (Å²) in [6.45, 7) is 4.88. The molecule has 0 aliphatic rings. The Hall–Kier alpha value is -1.77. The third kappa shape index (κ3) is 2.73. The van der Waals surface area contributed by atoms with Gasteiger partial charge >= 0.3 is 0 Å². The second-order valence-electron chi connectivity index (χ2n) is 4.30. The molecule has 1 N–H and O–H groups in total. The van der Waals surface area contributed by atoms with Crippen LogP contribution < -0.4 is 4.74 Å². The van der Waals surface area contributed by atoms with Crippen molar-refractivity contribution in [2.24, 2.45) is 0 Å². The van der Waals surface area contributed by atoms with E-state index in [-0.39, 0.29) is 0 Å². The summed E-state index contributed by atoms with van der Waals surface area (Å²) in [5.74, 6) is 0.919. The minimum atomic E-state index is 0.676. The monoisotopic (exact) mass is 244 g/mol. The van der Waals surface area contributed by atoms with Crippen LogP contribution in [0.5, 0.6) is 5.75 Å². The number of ether oxygens (including phenoxy) is 1. The van der Waals surface area contributed by atoms with Crippen LogP contribution in [0.15, 0.2) is 30.5 Å². The zero-order valence-electron chi connectivity index (χ0n) is 11.1. The number of rotatable bonds is 6. The van der Waals surface area contributed by atoms with Crippen molar-refractivity contribution in [3.8, 4) is 17.0 Å². The van der Waals surface area contributed by atoms with Gasteiger partial charge in [0.15, 0.2) is 0 Å². The Bertz CT molecular complexity index is 491. The topological polar surface area (TPSA) is 37.9 Å². The number of aryl methyl sites for hydroxylation is 1. The molecule has 0 aliphatic heterocycles. The summed E-state index contributed by atoms with van der Waals surface area (Å²) in [5.41, 5.74) is 3.46. The molecule has 0 bridgehead atoms. The highest BCUT2D eigenvalue weighted by Crippen LogP contribution is 2.31. The van der Waals surface area contributed by atoms with Gasteiger partial charge in [0.1, 0.15) is 5.75 Å². The lowest BCUT2D eigenvalue weighted by Gasteiger charge is -2.10. The Kier molecular flexibility index (Phi) is 4.40. The predicted molar refractivity (Wildman–Crippen MR) is 73.8 cm³/mol. The van der Waals surface area contributed by atoms with Gasteiger partial charge < -0.3 is 4.74 Å². The van der Waals surface area contributed by atoms with E-state index in [4.69, 9.17) is 4.74 Å². The molecule has 18 heavy (non-hydrogen) atoms. The summed E-state index contributed by atoms with van der Waals surface area (Å²) >= 11 is 0. The van der Waals surface area contributed by atoms with Gasteiger partial charge in [-0.2, -0.15) is 5.10 Å². The van der Waals surface area contributed by atoms with E-state index in [0.29, 0.717) is 6.61 Å². The molecule has 1 aromatic heterocycles. The molecule has 0 saturated carbocycles. The lowest BCUT2D eigenvalue weighted by Crippen LogP contribution is -1.95. The SMILES string of the molecule is CCCCc1cn[nH]c1-c1ccccc1OCC. The van der Waals surface area contributed by atoms with Gasteiger partial charge in [0.25, 0.3) is 0 Å². The van der Waals surface area contributed by atoms with Crippen LogP contribution in [0.3, 0.4) is 0 Å². The highest BCUT2D eigenvalue weighted by Gasteiger charge is 2.11. The van der Waals surface area contributed by atoms with Gasteiger partial charge in [-0.05, 0) is 37.5 Å². The first kappa shape index (κ1) is 12.7. The molecule has 3 heteroatoms. The number of H-pyrrole nitrogens is 1. The van der Waals surface area contributed by atoms with Crippen molar-refractivity contribution < 1.29 is 4.74 Å². The molecule has 2 rings (SSSR count). The van der Waals surface area contributed by atoms with Crippen LogP contribution in [0.1, 0.15) is 32.3 Å². The number of nitrogens with one attached hydrogen (secondary N) is 1. The molecule has 0 fully saturated rings. The van der Waals surface area contributed by atoms with Gasteiger partial charge in [-0.25, -0.2) is 0 Å². The average Bonchev–Trinajstić information content (AvgIpc) is 2.85. The highest BCUT2D eigenvalue weighted by atomic mass is 16.5. The number of aromatic nitrogens is 2. The summed E-state index contributed by atoms with van der Waals surface area (Å²) < 4.78 is 5.67. The third-order valence-electron chi connectivity index (χ3n) is 2.97. The average molecular weight is 244 g/mol. The zero-order chi connectivity index (χ0) is 12.8. The van der Waals surface area contributed by atoms with Gasteiger partial charge in [-0.1, -0.05) is 25.5 Å². The summed E-state index contributed by atoms with van der Waals surface area (Å²) in [4.78, 5) is 0. The number of hydrogen-bond donors (Lipinski definition) is 1. The maximum Gasteiger partial charge on any atom is 0.128 e. The standard InChI is InChI=1S/C15H20N2O/c1-3-5-8-12-11-16-17-15(12)13-9-6-7-10-14(13)18-4-2/h6-7,9-11H,3-5,8H2,1-2H3,(H,16,17). The first-order valence-corrected chi connectivity index (χ1v) is 6.61. The van der Waals surface area contributed by atoms with Crippen LogP contribution in [0.2, 0.25) is 0 Å².